The number of primary amides is 1. The Labute approximate surface area is 125 Å². The summed E-state index contributed by atoms with van der Waals surface area (Å²) in [6.07, 6.45) is 2.82. The first-order chi connectivity index (χ1) is 10.3. The van der Waals surface area contributed by atoms with Gasteiger partial charge in [-0.3, -0.25) is 4.79 Å². The maximum atomic E-state index is 11.9. The Hall–Kier alpha value is -2.29. The van der Waals surface area contributed by atoms with Gasteiger partial charge >= 0.3 is 0 Å². The Morgan fingerprint density at radius 1 is 1.10 bits per heavy atom. The van der Waals surface area contributed by atoms with Crippen LogP contribution in [0.25, 0.3) is 0 Å². The summed E-state index contributed by atoms with van der Waals surface area (Å²) in [7, 11) is 0. The molecule has 108 valence electrons. The molecule has 3 nitrogen and oxygen atoms in total. The number of aryl methyl sites for hydroxylation is 1. The second-order valence-electron chi connectivity index (χ2n) is 5.55. The van der Waals surface area contributed by atoms with Crippen molar-refractivity contribution >= 4 is 11.6 Å². The van der Waals surface area contributed by atoms with Gasteiger partial charge in [-0.15, -0.1) is 0 Å². The van der Waals surface area contributed by atoms with E-state index in [0.29, 0.717) is 6.54 Å². The van der Waals surface area contributed by atoms with Crippen molar-refractivity contribution in [1.29, 1.82) is 0 Å². The molecule has 2 aromatic carbocycles. The lowest BCUT2D eigenvalue weighted by Gasteiger charge is -2.31. The van der Waals surface area contributed by atoms with Gasteiger partial charge in [0.05, 0.1) is 0 Å². The second kappa shape index (κ2) is 6.00. The van der Waals surface area contributed by atoms with Crippen molar-refractivity contribution in [2.45, 2.75) is 31.8 Å². The molecule has 1 atom stereocenters. The third-order valence-electron chi connectivity index (χ3n) is 4.13. The molecule has 21 heavy (non-hydrogen) atoms. The van der Waals surface area contributed by atoms with Crippen molar-refractivity contribution in [3.63, 3.8) is 0 Å². The lowest BCUT2D eigenvalue weighted by Crippen LogP contribution is -2.44. The number of nitrogens with two attached hydrogens (primary N) is 1. The zero-order valence-corrected chi connectivity index (χ0v) is 12.0. The molecule has 2 N–H and O–H groups in total. The largest absolute Gasteiger partial charge is 0.368 e. The highest BCUT2D eigenvalue weighted by molar-refractivity contribution is 5.84. The molecule has 1 unspecified atom stereocenters. The molecule has 1 aliphatic heterocycles. The number of carbonyl (C=O) groups excluding carboxylic acids is 1. The number of benzene rings is 2. The topological polar surface area (TPSA) is 46.3 Å². The number of nitrogens with zero attached hydrogens (tertiary/aromatic N) is 1. The van der Waals surface area contributed by atoms with Crippen LogP contribution in [0, 0.1) is 0 Å². The minimum Gasteiger partial charge on any atom is -0.368 e. The van der Waals surface area contributed by atoms with E-state index in [2.05, 4.69) is 35.2 Å². The molecule has 1 heterocycles. The predicted octanol–water partition coefficient (Wildman–Crippen LogP) is 2.88. The van der Waals surface area contributed by atoms with Gasteiger partial charge in [-0.2, -0.15) is 0 Å². The van der Waals surface area contributed by atoms with Crippen LogP contribution < -0.4 is 10.6 Å². The van der Waals surface area contributed by atoms with Crippen molar-refractivity contribution in [2.75, 3.05) is 4.90 Å². The number of carbonyl (C=O) groups is 1. The van der Waals surface area contributed by atoms with Gasteiger partial charge in [0.25, 0.3) is 0 Å². The number of hydrogen-bond acceptors (Lipinski definition) is 2. The summed E-state index contributed by atoms with van der Waals surface area (Å²) in [6.45, 7) is 0.714. The number of amides is 1. The van der Waals surface area contributed by atoms with Crippen molar-refractivity contribution in [2.24, 2.45) is 5.73 Å². The molecular weight excluding hydrogens is 260 g/mol. The minimum atomic E-state index is -0.234. The minimum absolute atomic E-state index is 0.228. The summed E-state index contributed by atoms with van der Waals surface area (Å²) in [5.41, 5.74) is 9.30. The van der Waals surface area contributed by atoms with E-state index in [1.54, 1.807) is 0 Å². The summed E-state index contributed by atoms with van der Waals surface area (Å²) in [5.74, 6) is -0.234. The highest BCUT2D eigenvalue weighted by atomic mass is 16.1. The lowest BCUT2D eigenvalue weighted by molar-refractivity contribution is -0.119. The van der Waals surface area contributed by atoms with Crippen LogP contribution in [0.4, 0.5) is 5.69 Å². The average molecular weight is 280 g/mol. The van der Waals surface area contributed by atoms with Gasteiger partial charge in [0, 0.05) is 12.2 Å². The summed E-state index contributed by atoms with van der Waals surface area (Å²) in [5, 5.41) is 0. The first-order valence-corrected chi connectivity index (χ1v) is 7.43. The quantitative estimate of drug-likeness (QED) is 0.939. The summed E-state index contributed by atoms with van der Waals surface area (Å²) in [6, 6.07) is 18.3. The molecule has 0 saturated carbocycles. The molecule has 2 aromatic rings. The molecule has 1 amide bonds. The number of para-hydroxylation sites is 1. The number of anilines is 1. The Kier molecular flexibility index (Phi) is 3.91. The van der Waals surface area contributed by atoms with Gasteiger partial charge in [0.1, 0.15) is 6.04 Å². The van der Waals surface area contributed by atoms with Crippen molar-refractivity contribution < 1.29 is 4.79 Å². The molecule has 3 rings (SSSR count). The Morgan fingerprint density at radius 3 is 2.57 bits per heavy atom. The van der Waals surface area contributed by atoms with Crippen molar-refractivity contribution in [3.8, 4) is 0 Å². The monoisotopic (exact) mass is 280 g/mol. The van der Waals surface area contributed by atoms with Crippen LogP contribution in [0.5, 0.6) is 0 Å². The van der Waals surface area contributed by atoms with E-state index >= 15 is 0 Å². The highest BCUT2D eigenvalue weighted by Crippen LogP contribution is 2.30. The third-order valence-corrected chi connectivity index (χ3v) is 4.13. The van der Waals surface area contributed by atoms with Gasteiger partial charge in [-0.25, -0.2) is 0 Å². The number of rotatable bonds is 3. The van der Waals surface area contributed by atoms with Crippen LogP contribution >= 0.6 is 0 Å². The maximum absolute atomic E-state index is 11.9. The van der Waals surface area contributed by atoms with E-state index in [9.17, 15) is 4.79 Å². The molecule has 0 aliphatic carbocycles. The van der Waals surface area contributed by atoms with Gasteiger partial charge in [-0.1, -0.05) is 48.5 Å². The van der Waals surface area contributed by atoms with Crippen LogP contribution in [0.2, 0.25) is 0 Å². The first kappa shape index (κ1) is 13.7. The van der Waals surface area contributed by atoms with E-state index < -0.39 is 0 Å². The predicted molar refractivity (Wildman–Crippen MR) is 85.0 cm³/mol. The third kappa shape index (κ3) is 2.92. The Morgan fingerprint density at radius 2 is 1.81 bits per heavy atom. The van der Waals surface area contributed by atoms with Crippen LogP contribution in [0.3, 0.4) is 0 Å². The number of fused-ring (bicyclic) bond motifs is 1. The fourth-order valence-electron chi connectivity index (χ4n) is 3.08. The van der Waals surface area contributed by atoms with E-state index in [0.717, 1.165) is 24.9 Å². The fraction of sp³-hybridized carbons (Fsp3) is 0.278. The Bertz CT molecular complexity index is 624. The van der Waals surface area contributed by atoms with E-state index in [4.69, 9.17) is 5.73 Å². The van der Waals surface area contributed by atoms with Crippen LogP contribution in [0.1, 0.15) is 24.0 Å². The molecular formula is C18H20N2O. The van der Waals surface area contributed by atoms with Crippen LogP contribution in [-0.4, -0.2) is 11.9 Å². The van der Waals surface area contributed by atoms with Crippen LogP contribution in [0.15, 0.2) is 54.6 Å². The van der Waals surface area contributed by atoms with E-state index in [1.165, 1.54) is 11.1 Å². The van der Waals surface area contributed by atoms with Crippen molar-refractivity contribution in [1.82, 2.24) is 0 Å². The van der Waals surface area contributed by atoms with Gasteiger partial charge in [0.15, 0.2) is 0 Å². The second-order valence-corrected chi connectivity index (χ2v) is 5.55. The van der Waals surface area contributed by atoms with Gasteiger partial charge < -0.3 is 10.6 Å². The molecule has 0 aromatic heterocycles. The Balaban J connectivity index is 2.00. The lowest BCUT2D eigenvalue weighted by atomic mass is 10.1. The molecule has 0 saturated heterocycles. The summed E-state index contributed by atoms with van der Waals surface area (Å²) < 4.78 is 0. The number of hydrogen-bond donors (Lipinski definition) is 1. The first-order valence-electron chi connectivity index (χ1n) is 7.43. The van der Waals surface area contributed by atoms with E-state index in [1.807, 2.05) is 24.3 Å². The molecule has 1 aliphatic rings. The molecule has 3 heteroatoms. The summed E-state index contributed by atoms with van der Waals surface area (Å²) >= 11 is 0. The normalized spacial score (nSPS) is 17.9. The maximum Gasteiger partial charge on any atom is 0.240 e. The van der Waals surface area contributed by atoms with Crippen LogP contribution in [-0.2, 0) is 17.8 Å². The van der Waals surface area contributed by atoms with E-state index in [-0.39, 0.29) is 11.9 Å². The fourth-order valence-corrected chi connectivity index (χ4v) is 3.08. The average Bonchev–Trinajstić information content (AvgIpc) is 2.68. The molecule has 0 spiro atoms. The molecule has 0 bridgehead atoms. The van der Waals surface area contributed by atoms with Gasteiger partial charge in [-0.05, 0) is 36.5 Å². The van der Waals surface area contributed by atoms with Crippen molar-refractivity contribution in [3.05, 3.63) is 65.7 Å². The smallest absolute Gasteiger partial charge is 0.240 e. The molecule has 0 radical (unpaired) electrons. The molecule has 0 fully saturated rings. The SMILES string of the molecule is NC(=O)C1CCCc2ccccc2N1Cc1ccccc1. The zero-order chi connectivity index (χ0) is 14.7. The van der Waals surface area contributed by atoms with Gasteiger partial charge in [0.2, 0.25) is 5.91 Å². The zero-order valence-electron chi connectivity index (χ0n) is 12.0. The summed E-state index contributed by atoms with van der Waals surface area (Å²) in [4.78, 5) is 14.1. The standard InChI is InChI=1S/C18H20N2O/c19-18(21)17-12-6-10-15-9-4-5-11-16(15)20(17)13-14-7-2-1-3-8-14/h1-5,7-9,11,17H,6,10,12-13H2,(H2,19,21). The highest BCUT2D eigenvalue weighted by Gasteiger charge is 2.28.